The molecule has 0 bridgehead atoms. The molecular formula is C11H22F3N3O2S. The molecule has 9 heteroatoms. The summed E-state index contributed by atoms with van der Waals surface area (Å²) < 4.78 is 63.6. The second kappa shape index (κ2) is 7.58. The average molecular weight is 317 g/mol. The largest absolute Gasteiger partial charge is 0.390 e. The van der Waals surface area contributed by atoms with E-state index in [0.29, 0.717) is 13.1 Å². The van der Waals surface area contributed by atoms with E-state index in [1.54, 1.807) is 0 Å². The van der Waals surface area contributed by atoms with E-state index in [0.717, 1.165) is 25.8 Å². The summed E-state index contributed by atoms with van der Waals surface area (Å²) >= 11 is 0. The molecule has 5 nitrogen and oxygen atoms in total. The second-order valence-electron chi connectivity index (χ2n) is 4.83. The van der Waals surface area contributed by atoms with Gasteiger partial charge in [0.15, 0.2) is 0 Å². The first-order valence-electron chi connectivity index (χ1n) is 6.80. The Morgan fingerprint density at radius 1 is 1.30 bits per heavy atom. The number of hydrogen-bond donors (Lipinski definition) is 2. The lowest BCUT2D eigenvalue weighted by atomic mass is 10.1. The van der Waals surface area contributed by atoms with Crippen molar-refractivity contribution in [2.24, 2.45) is 0 Å². The molecular weight excluding hydrogens is 295 g/mol. The fraction of sp³-hybridized carbons (Fsp3) is 1.00. The van der Waals surface area contributed by atoms with Crippen LogP contribution in [0.3, 0.4) is 0 Å². The normalized spacial score (nSPS) is 22.1. The van der Waals surface area contributed by atoms with Crippen molar-refractivity contribution >= 4 is 10.2 Å². The highest BCUT2D eigenvalue weighted by atomic mass is 32.2. The molecule has 1 heterocycles. The molecule has 120 valence electrons. The summed E-state index contributed by atoms with van der Waals surface area (Å²) in [5.74, 6) is 0. The third-order valence-electron chi connectivity index (χ3n) is 3.20. The van der Waals surface area contributed by atoms with E-state index in [2.05, 4.69) is 5.32 Å². The predicted octanol–water partition coefficient (Wildman–Crippen LogP) is 1.24. The minimum Gasteiger partial charge on any atom is -0.315 e. The van der Waals surface area contributed by atoms with Crippen LogP contribution in [-0.4, -0.2) is 51.1 Å². The van der Waals surface area contributed by atoms with Crippen LogP contribution in [-0.2, 0) is 10.2 Å². The van der Waals surface area contributed by atoms with Gasteiger partial charge in [-0.2, -0.15) is 25.9 Å². The highest BCUT2D eigenvalue weighted by molar-refractivity contribution is 7.87. The highest BCUT2D eigenvalue weighted by Crippen LogP contribution is 2.21. The molecule has 0 aromatic carbocycles. The highest BCUT2D eigenvalue weighted by Gasteiger charge is 2.33. The minimum atomic E-state index is -4.35. The summed E-state index contributed by atoms with van der Waals surface area (Å²) in [4.78, 5) is 0. The zero-order chi connectivity index (χ0) is 15.2. The molecule has 1 fully saturated rings. The Balaban J connectivity index is 2.58. The molecule has 20 heavy (non-hydrogen) atoms. The van der Waals surface area contributed by atoms with Crippen LogP contribution in [0.2, 0.25) is 0 Å². The lowest BCUT2D eigenvalue weighted by Gasteiger charge is -2.34. The van der Waals surface area contributed by atoms with E-state index < -0.39 is 29.4 Å². The zero-order valence-corrected chi connectivity index (χ0v) is 12.4. The molecule has 1 saturated heterocycles. The SMILES string of the molecule is CCNCC1CCCCN1S(=O)(=O)NCCC(F)(F)F. The molecule has 0 radical (unpaired) electrons. The summed E-state index contributed by atoms with van der Waals surface area (Å²) in [6.07, 6.45) is -3.11. The molecule has 1 atom stereocenters. The Hall–Kier alpha value is -0.380. The van der Waals surface area contributed by atoms with Gasteiger partial charge in [-0.05, 0) is 19.4 Å². The third-order valence-corrected chi connectivity index (χ3v) is 4.87. The molecule has 1 aliphatic rings. The first kappa shape index (κ1) is 17.7. The van der Waals surface area contributed by atoms with Crippen LogP contribution in [0.5, 0.6) is 0 Å². The lowest BCUT2D eigenvalue weighted by molar-refractivity contribution is -0.132. The number of hydrogen-bond acceptors (Lipinski definition) is 3. The van der Waals surface area contributed by atoms with Crippen molar-refractivity contribution in [3.8, 4) is 0 Å². The maximum Gasteiger partial charge on any atom is 0.390 e. The van der Waals surface area contributed by atoms with Crippen molar-refractivity contribution in [1.29, 1.82) is 0 Å². The van der Waals surface area contributed by atoms with Gasteiger partial charge in [0, 0.05) is 25.7 Å². The van der Waals surface area contributed by atoms with Gasteiger partial charge in [0.25, 0.3) is 10.2 Å². The first-order chi connectivity index (χ1) is 9.26. The molecule has 1 aliphatic heterocycles. The molecule has 0 aromatic heterocycles. The van der Waals surface area contributed by atoms with Crippen LogP contribution < -0.4 is 10.0 Å². The number of rotatable bonds is 7. The Morgan fingerprint density at radius 2 is 2.00 bits per heavy atom. The van der Waals surface area contributed by atoms with Gasteiger partial charge < -0.3 is 5.32 Å². The number of nitrogens with zero attached hydrogens (tertiary/aromatic N) is 1. The molecule has 2 N–H and O–H groups in total. The van der Waals surface area contributed by atoms with Crippen LogP contribution >= 0.6 is 0 Å². The van der Waals surface area contributed by atoms with Crippen LogP contribution in [0.15, 0.2) is 0 Å². The molecule has 0 aromatic rings. The maximum absolute atomic E-state index is 12.1. The van der Waals surface area contributed by atoms with E-state index >= 15 is 0 Å². The third kappa shape index (κ3) is 5.94. The van der Waals surface area contributed by atoms with Crippen molar-refractivity contribution in [2.45, 2.75) is 44.8 Å². The monoisotopic (exact) mass is 317 g/mol. The Morgan fingerprint density at radius 3 is 2.60 bits per heavy atom. The Labute approximate surface area is 118 Å². The summed E-state index contributed by atoms with van der Waals surface area (Å²) in [7, 11) is -3.84. The lowest BCUT2D eigenvalue weighted by Crippen LogP contribution is -2.52. The van der Waals surface area contributed by atoms with Crippen LogP contribution in [0.4, 0.5) is 13.2 Å². The van der Waals surface area contributed by atoms with Crippen LogP contribution in [0.1, 0.15) is 32.6 Å². The van der Waals surface area contributed by atoms with Crippen molar-refractivity contribution in [3.05, 3.63) is 0 Å². The molecule has 0 spiro atoms. The van der Waals surface area contributed by atoms with Crippen molar-refractivity contribution in [3.63, 3.8) is 0 Å². The quantitative estimate of drug-likeness (QED) is 0.743. The molecule has 0 amide bonds. The fourth-order valence-electron chi connectivity index (χ4n) is 2.21. The van der Waals surface area contributed by atoms with Gasteiger partial charge in [-0.3, -0.25) is 0 Å². The first-order valence-corrected chi connectivity index (χ1v) is 8.24. The standard InChI is InChI=1S/C11H22F3N3O2S/c1-2-15-9-10-5-3-4-8-17(10)20(18,19)16-7-6-11(12,13)14/h10,15-16H,2-9H2,1H3. The second-order valence-corrected chi connectivity index (χ2v) is 6.54. The molecule has 1 unspecified atom stereocenters. The van der Waals surface area contributed by atoms with Gasteiger partial charge in [-0.15, -0.1) is 0 Å². The summed E-state index contributed by atoms with van der Waals surface area (Å²) in [5, 5.41) is 3.09. The van der Waals surface area contributed by atoms with Crippen LogP contribution in [0, 0.1) is 0 Å². The summed E-state index contributed by atoms with van der Waals surface area (Å²) in [5.41, 5.74) is 0. The zero-order valence-electron chi connectivity index (χ0n) is 11.5. The number of likely N-dealkylation sites (N-methyl/N-ethyl adjacent to an activating group) is 1. The topological polar surface area (TPSA) is 61.4 Å². The van der Waals surface area contributed by atoms with Gasteiger partial charge in [0.1, 0.15) is 0 Å². The van der Waals surface area contributed by atoms with E-state index in [1.807, 2.05) is 11.6 Å². The van der Waals surface area contributed by atoms with Gasteiger partial charge in [-0.1, -0.05) is 13.3 Å². The van der Waals surface area contributed by atoms with E-state index in [1.165, 1.54) is 4.31 Å². The molecule has 0 aliphatic carbocycles. The average Bonchev–Trinajstić information content (AvgIpc) is 2.34. The number of piperidine rings is 1. The fourth-order valence-corrected chi connectivity index (χ4v) is 3.68. The Kier molecular flexibility index (Phi) is 6.70. The number of alkyl halides is 3. The predicted molar refractivity (Wildman–Crippen MR) is 70.5 cm³/mol. The van der Waals surface area contributed by atoms with E-state index in [9.17, 15) is 21.6 Å². The van der Waals surface area contributed by atoms with Gasteiger partial charge in [0.05, 0.1) is 6.42 Å². The van der Waals surface area contributed by atoms with Crippen molar-refractivity contribution in [1.82, 2.24) is 14.3 Å². The molecule has 0 saturated carbocycles. The number of nitrogens with one attached hydrogen (secondary N) is 2. The van der Waals surface area contributed by atoms with Crippen molar-refractivity contribution < 1.29 is 21.6 Å². The van der Waals surface area contributed by atoms with Gasteiger partial charge in [0.2, 0.25) is 0 Å². The summed E-state index contributed by atoms with van der Waals surface area (Å²) in [6, 6.07) is -0.188. The Bertz CT molecular complexity index is 387. The maximum atomic E-state index is 12.1. The minimum absolute atomic E-state index is 0.188. The van der Waals surface area contributed by atoms with Crippen molar-refractivity contribution in [2.75, 3.05) is 26.2 Å². The molecule has 1 rings (SSSR count). The van der Waals surface area contributed by atoms with Crippen LogP contribution in [0.25, 0.3) is 0 Å². The number of halogens is 3. The summed E-state index contributed by atoms with van der Waals surface area (Å²) in [6.45, 7) is 2.92. The van der Waals surface area contributed by atoms with E-state index in [4.69, 9.17) is 0 Å². The smallest absolute Gasteiger partial charge is 0.315 e. The van der Waals surface area contributed by atoms with E-state index in [-0.39, 0.29) is 6.04 Å². The van der Waals surface area contributed by atoms with Gasteiger partial charge >= 0.3 is 6.18 Å². The van der Waals surface area contributed by atoms with Gasteiger partial charge in [-0.25, -0.2) is 4.72 Å².